The molecule has 0 aliphatic carbocycles. The summed E-state index contributed by atoms with van der Waals surface area (Å²) in [7, 11) is 0. The molecule has 0 unspecified atom stereocenters. The minimum atomic E-state index is -0.278. The fourth-order valence-electron chi connectivity index (χ4n) is 3.33. The van der Waals surface area contributed by atoms with Crippen molar-refractivity contribution >= 4 is 51.8 Å². The first-order valence-corrected chi connectivity index (χ1v) is 9.44. The first kappa shape index (κ1) is 18.6. The number of hydrogen-bond donors (Lipinski definition) is 6. The van der Waals surface area contributed by atoms with Gasteiger partial charge in [-0.05, 0) is 48.9 Å². The molecule has 6 N–H and O–H groups in total. The predicted molar refractivity (Wildman–Crippen MR) is 117 cm³/mol. The quantitative estimate of drug-likeness (QED) is 0.280. The van der Waals surface area contributed by atoms with E-state index in [9.17, 15) is 9.59 Å². The minimum absolute atomic E-state index is 0.0334. The molecule has 2 aromatic heterocycles. The Kier molecular flexibility index (Phi) is 4.47. The molecule has 0 bridgehead atoms. The molecule has 4 aromatic rings. The summed E-state index contributed by atoms with van der Waals surface area (Å²) in [4.78, 5) is 41.5. The molecular weight excluding hydrogens is 398 g/mol. The van der Waals surface area contributed by atoms with E-state index in [1.807, 2.05) is 18.2 Å². The maximum absolute atomic E-state index is 11.6. The lowest BCUT2D eigenvalue weighted by Crippen LogP contribution is -2.09. The average molecular weight is 415 g/mol. The molecule has 2 aromatic carbocycles. The van der Waals surface area contributed by atoms with Crippen molar-refractivity contribution in [3.63, 3.8) is 0 Å². The van der Waals surface area contributed by atoms with E-state index in [4.69, 9.17) is 6.92 Å². The number of benzene rings is 2. The van der Waals surface area contributed by atoms with Crippen LogP contribution in [-0.2, 0) is 11.2 Å². The van der Waals surface area contributed by atoms with Crippen LogP contribution in [0.3, 0.4) is 0 Å². The molecule has 0 saturated carbocycles. The number of fused-ring (bicyclic) bond motifs is 2. The number of carbonyl (C=O) groups excluding carboxylic acids is 1. The highest BCUT2D eigenvalue weighted by atomic mass is 16.2. The fourth-order valence-corrected chi connectivity index (χ4v) is 3.33. The third-order valence-electron chi connectivity index (χ3n) is 4.65. The van der Waals surface area contributed by atoms with Crippen molar-refractivity contribution in [2.24, 2.45) is 0 Å². The lowest BCUT2D eigenvalue weighted by Gasteiger charge is -2.11. The zero-order valence-corrected chi connectivity index (χ0v) is 16.1. The van der Waals surface area contributed by atoms with E-state index < -0.39 is 0 Å². The molecule has 0 spiro atoms. The van der Waals surface area contributed by atoms with Crippen LogP contribution in [0, 0.1) is 6.92 Å². The van der Waals surface area contributed by atoms with Crippen LogP contribution in [0.25, 0.3) is 11.0 Å². The summed E-state index contributed by atoms with van der Waals surface area (Å²) in [5.41, 5.74) is 4.19. The molecule has 3 heterocycles. The predicted octanol–water partition coefficient (Wildman–Crippen LogP) is 2.15. The zero-order chi connectivity index (χ0) is 21.4. The van der Waals surface area contributed by atoms with Crippen molar-refractivity contribution in [2.75, 3.05) is 27.8 Å². The van der Waals surface area contributed by atoms with Crippen LogP contribution in [0.5, 0.6) is 0 Å². The molecule has 154 valence electrons. The maximum atomic E-state index is 11.6. The first-order valence-electron chi connectivity index (χ1n) is 9.44. The van der Waals surface area contributed by atoms with Gasteiger partial charge in [0.05, 0.1) is 17.5 Å². The first-order chi connectivity index (χ1) is 15.1. The number of nitrogens with one attached hydrogen (secondary N) is 6. The lowest BCUT2D eigenvalue weighted by molar-refractivity contribution is -0.115. The van der Waals surface area contributed by atoms with E-state index >= 15 is 0 Å². The molecule has 2 radical (unpaired) electrons. The van der Waals surface area contributed by atoms with Gasteiger partial charge < -0.3 is 31.2 Å². The highest BCUT2D eigenvalue weighted by Gasteiger charge is 2.18. The summed E-state index contributed by atoms with van der Waals surface area (Å²) in [6.07, 6.45) is 0.332. The van der Waals surface area contributed by atoms with Crippen molar-refractivity contribution in [3.05, 3.63) is 59.4 Å². The highest BCUT2D eigenvalue weighted by molar-refractivity contribution is 5.99. The molecule has 0 fully saturated rings. The molecule has 5 rings (SSSR count). The van der Waals surface area contributed by atoms with Crippen LogP contribution in [0.15, 0.2) is 41.2 Å². The van der Waals surface area contributed by atoms with Crippen LogP contribution < -0.4 is 27.0 Å². The SMILES string of the molecule is [CH]CNc1nc(Nc2ccc3c(c2)CC(=O)N3)nc(Nc2ccc3[nH]c(=O)[nH]c3c2)n1. The van der Waals surface area contributed by atoms with E-state index in [0.29, 0.717) is 29.1 Å². The van der Waals surface area contributed by atoms with Gasteiger partial charge in [0.1, 0.15) is 0 Å². The summed E-state index contributed by atoms with van der Waals surface area (Å²) in [5.74, 6) is 0.830. The molecular formula is C20H17N9O2. The smallest absolute Gasteiger partial charge is 0.323 e. The van der Waals surface area contributed by atoms with Crippen molar-refractivity contribution in [1.82, 2.24) is 24.9 Å². The van der Waals surface area contributed by atoms with Gasteiger partial charge in [0.25, 0.3) is 0 Å². The highest BCUT2D eigenvalue weighted by Crippen LogP contribution is 2.27. The normalized spacial score (nSPS) is 12.5. The Labute approximate surface area is 175 Å². The average Bonchev–Trinajstić information content (AvgIpc) is 3.27. The summed E-state index contributed by atoms with van der Waals surface area (Å²) in [6.45, 7) is 5.72. The molecule has 11 nitrogen and oxygen atoms in total. The van der Waals surface area contributed by atoms with Gasteiger partial charge in [0, 0.05) is 23.6 Å². The summed E-state index contributed by atoms with van der Waals surface area (Å²) in [5, 5.41) is 11.9. The van der Waals surface area contributed by atoms with Crippen molar-refractivity contribution in [2.45, 2.75) is 6.42 Å². The number of aromatic amines is 2. The second-order valence-electron chi connectivity index (χ2n) is 6.87. The van der Waals surface area contributed by atoms with E-state index in [2.05, 4.69) is 46.2 Å². The van der Waals surface area contributed by atoms with Crippen LogP contribution in [0.2, 0.25) is 0 Å². The number of amides is 1. The molecule has 1 aliphatic heterocycles. The number of anilines is 6. The topological polar surface area (TPSA) is 153 Å². The number of H-pyrrole nitrogens is 2. The van der Waals surface area contributed by atoms with Crippen molar-refractivity contribution in [1.29, 1.82) is 0 Å². The second-order valence-corrected chi connectivity index (χ2v) is 6.87. The Morgan fingerprint density at radius 3 is 2.32 bits per heavy atom. The number of imidazole rings is 1. The van der Waals surface area contributed by atoms with Gasteiger partial charge in [-0.25, -0.2) is 4.79 Å². The van der Waals surface area contributed by atoms with Gasteiger partial charge in [-0.15, -0.1) is 0 Å². The van der Waals surface area contributed by atoms with E-state index in [-0.39, 0.29) is 30.0 Å². The van der Waals surface area contributed by atoms with E-state index in [1.54, 1.807) is 18.2 Å². The fraction of sp³-hybridized carbons (Fsp3) is 0.100. The molecule has 1 amide bonds. The third-order valence-corrected chi connectivity index (χ3v) is 4.65. The lowest BCUT2D eigenvalue weighted by atomic mass is 10.1. The number of rotatable bonds is 6. The Balaban J connectivity index is 1.43. The van der Waals surface area contributed by atoms with Gasteiger partial charge >= 0.3 is 5.69 Å². The van der Waals surface area contributed by atoms with Crippen molar-refractivity contribution < 1.29 is 4.79 Å². The number of carbonyl (C=O) groups is 1. The largest absolute Gasteiger partial charge is 0.354 e. The third kappa shape index (κ3) is 3.88. The van der Waals surface area contributed by atoms with Crippen LogP contribution in [0.1, 0.15) is 5.56 Å². The Morgan fingerprint density at radius 1 is 0.871 bits per heavy atom. The Bertz CT molecular complexity index is 1360. The number of hydrogen-bond acceptors (Lipinski definition) is 8. The molecule has 31 heavy (non-hydrogen) atoms. The number of aromatic nitrogens is 5. The van der Waals surface area contributed by atoms with Gasteiger partial charge in [-0.2, -0.15) is 15.0 Å². The van der Waals surface area contributed by atoms with Crippen LogP contribution in [0.4, 0.5) is 34.9 Å². The van der Waals surface area contributed by atoms with Crippen molar-refractivity contribution in [3.8, 4) is 0 Å². The van der Waals surface area contributed by atoms with Crippen LogP contribution in [-0.4, -0.2) is 37.4 Å². The Hall–Kier alpha value is -4.41. The van der Waals surface area contributed by atoms with Gasteiger partial charge in [-0.1, -0.05) is 0 Å². The van der Waals surface area contributed by atoms with Gasteiger partial charge in [0.2, 0.25) is 23.8 Å². The Morgan fingerprint density at radius 2 is 1.55 bits per heavy atom. The summed E-state index contributed by atoms with van der Waals surface area (Å²) < 4.78 is 0. The number of nitrogens with zero attached hydrogens (tertiary/aromatic N) is 3. The van der Waals surface area contributed by atoms with Crippen LogP contribution >= 0.6 is 0 Å². The summed E-state index contributed by atoms with van der Waals surface area (Å²) in [6, 6.07) is 10.9. The van der Waals surface area contributed by atoms with Gasteiger partial charge in [0.15, 0.2) is 0 Å². The van der Waals surface area contributed by atoms with E-state index in [1.165, 1.54) is 0 Å². The molecule has 0 saturated heterocycles. The second kappa shape index (κ2) is 7.44. The summed E-state index contributed by atoms with van der Waals surface area (Å²) >= 11 is 0. The standard InChI is InChI=1S/C20H17N9O2/c1-2-21-17-27-18(22-11-3-5-13-10(7-11)8-16(30)24-13)29-19(28-17)23-12-4-6-14-15(9-12)26-20(31)25-14/h1,3-7,9H,2,8H2,(H,24,30)(H2,25,26,31)(H3,21,22,23,27,28,29). The minimum Gasteiger partial charge on any atom is -0.354 e. The van der Waals surface area contributed by atoms with E-state index in [0.717, 1.165) is 16.9 Å². The maximum Gasteiger partial charge on any atom is 0.323 e. The molecule has 11 heteroatoms. The zero-order valence-electron chi connectivity index (χ0n) is 16.1. The van der Waals surface area contributed by atoms with Gasteiger partial charge in [-0.3, -0.25) is 4.79 Å². The monoisotopic (exact) mass is 415 g/mol. The molecule has 0 atom stereocenters. The molecule has 1 aliphatic rings.